The van der Waals surface area contributed by atoms with Crippen molar-refractivity contribution in [3.05, 3.63) is 52.5 Å². The minimum atomic E-state index is 0.847. The first-order valence-corrected chi connectivity index (χ1v) is 10.5. The summed E-state index contributed by atoms with van der Waals surface area (Å²) in [6, 6.07) is 12.5. The average molecular weight is 401 g/mol. The molecular formula is C21H24N2O2S2. The molecule has 27 heavy (non-hydrogen) atoms. The van der Waals surface area contributed by atoms with Crippen LogP contribution in [0.3, 0.4) is 0 Å². The van der Waals surface area contributed by atoms with E-state index in [0.717, 1.165) is 60.4 Å². The summed E-state index contributed by atoms with van der Waals surface area (Å²) in [6.45, 7) is 8.00. The number of fused-ring (bicyclic) bond motifs is 1. The Kier molecular flexibility index (Phi) is 5.59. The molecule has 3 heterocycles. The Morgan fingerprint density at radius 3 is 2.59 bits per heavy atom. The van der Waals surface area contributed by atoms with Gasteiger partial charge in [-0.25, -0.2) is 0 Å². The van der Waals surface area contributed by atoms with Gasteiger partial charge in [-0.3, -0.25) is 4.90 Å². The smallest absolute Gasteiger partial charge is 0.118 e. The van der Waals surface area contributed by atoms with E-state index in [9.17, 15) is 0 Å². The summed E-state index contributed by atoms with van der Waals surface area (Å²) < 4.78 is 13.1. The number of thiocarbonyl (C=S) groups is 1. The maximum atomic E-state index is 5.75. The molecular weight excluding hydrogens is 376 g/mol. The number of rotatable bonds is 6. The van der Waals surface area contributed by atoms with Gasteiger partial charge in [-0.1, -0.05) is 12.2 Å². The van der Waals surface area contributed by atoms with Crippen LogP contribution in [0, 0.1) is 6.92 Å². The standard InChI is InChI=1S/C21H24N2O2S2/c1-15-13-17-14-19(20(26)16-3-5-18(24-2)6-4-16)27-21(17)23(15)8-7-22-9-11-25-12-10-22/h3-6,13-14H,7-12H2,1-2H3. The molecule has 0 aliphatic carbocycles. The second-order valence-electron chi connectivity index (χ2n) is 6.82. The van der Waals surface area contributed by atoms with E-state index in [0.29, 0.717) is 0 Å². The fraction of sp³-hybridized carbons (Fsp3) is 0.381. The zero-order valence-electron chi connectivity index (χ0n) is 15.7. The molecule has 6 heteroatoms. The normalized spacial score (nSPS) is 15.3. The number of aryl methyl sites for hydroxylation is 1. The molecule has 1 aliphatic heterocycles. The van der Waals surface area contributed by atoms with Crippen molar-refractivity contribution < 1.29 is 9.47 Å². The molecule has 4 nitrogen and oxygen atoms in total. The van der Waals surface area contributed by atoms with Crippen LogP contribution in [-0.4, -0.2) is 54.3 Å². The summed E-state index contributed by atoms with van der Waals surface area (Å²) in [5.74, 6) is 0.850. The third-order valence-corrected chi connectivity index (χ3v) is 6.87. The molecule has 3 aromatic rings. The highest BCUT2D eigenvalue weighted by Crippen LogP contribution is 2.31. The van der Waals surface area contributed by atoms with Gasteiger partial charge >= 0.3 is 0 Å². The van der Waals surface area contributed by atoms with Crippen LogP contribution in [0.2, 0.25) is 0 Å². The first kappa shape index (κ1) is 18.6. The van der Waals surface area contributed by atoms with Crippen LogP contribution in [0.1, 0.15) is 16.1 Å². The number of nitrogens with zero attached hydrogens (tertiary/aromatic N) is 2. The van der Waals surface area contributed by atoms with Crippen LogP contribution in [0.5, 0.6) is 5.75 Å². The minimum absolute atomic E-state index is 0.847. The van der Waals surface area contributed by atoms with Crippen LogP contribution < -0.4 is 4.74 Å². The Labute approximate surface area is 169 Å². The van der Waals surface area contributed by atoms with E-state index in [4.69, 9.17) is 21.7 Å². The predicted molar refractivity (Wildman–Crippen MR) is 116 cm³/mol. The largest absolute Gasteiger partial charge is 0.497 e. The van der Waals surface area contributed by atoms with Gasteiger partial charge in [0.2, 0.25) is 0 Å². The summed E-state index contributed by atoms with van der Waals surface area (Å²) in [5, 5.41) is 1.28. The van der Waals surface area contributed by atoms with Gasteiger partial charge < -0.3 is 14.0 Å². The highest BCUT2D eigenvalue weighted by atomic mass is 32.1. The predicted octanol–water partition coefficient (Wildman–Crippen LogP) is 4.12. The SMILES string of the molecule is COc1ccc(C(=S)c2cc3cc(C)n(CCN4CCOCC4)c3s2)cc1. The van der Waals surface area contributed by atoms with Gasteiger partial charge in [0.25, 0.3) is 0 Å². The Hall–Kier alpha value is -1.73. The first-order chi connectivity index (χ1) is 13.2. The van der Waals surface area contributed by atoms with E-state index >= 15 is 0 Å². The molecule has 0 amide bonds. The van der Waals surface area contributed by atoms with Gasteiger partial charge in [0.05, 0.1) is 25.2 Å². The highest BCUT2D eigenvalue weighted by molar-refractivity contribution is 7.81. The average Bonchev–Trinajstić information content (AvgIpc) is 3.24. The van der Waals surface area contributed by atoms with Crippen molar-refractivity contribution in [2.24, 2.45) is 0 Å². The molecule has 1 saturated heterocycles. The van der Waals surface area contributed by atoms with Gasteiger partial charge in [0.1, 0.15) is 10.6 Å². The fourth-order valence-electron chi connectivity index (χ4n) is 3.51. The van der Waals surface area contributed by atoms with Gasteiger partial charge in [-0.15, -0.1) is 11.3 Å². The van der Waals surface area contributed by atoms with E-state index in [1.54, 1.807) is 18.4 Å². The maximum Gasteiger partial charge on any atom is 0.118 e. The number of thiophene rings is 1. The lowest BCUT2D eigenvalue weighted by Crippen LogP contribution is -2.38. The van der Waals surface area contributed by atoms with Crippen LogP contribution >= 0.6 is 23.6 Å². The Bertz CT molecular complexity index is 937. The zero-order valence-corrected chi connectivity index (χ0v) is 17.4. The Balaban J connectivity index is 1.54. The van der Waals surface area contributed by atoms with Crippen LogP contribution in [0.15, 0.2) is 36.4 Å². The molecule has 0 unspecified atom stereocenters. The summed E-state index contributed by atoms with van der Waals surface area (Å²) in [4.78, 5) is 5.84. The van der Waals surface area contributed by atoms with E-state index < -0.39 is 0 Å². The summed E-state index contributed by atoms with van der Waals surface area (Å²) in [7, 11) is 1.68. The highest BCUT2D eigenvalue weighted by Gasteiger charge is 2.16. The Morgan fingerprint density at radius 1 is 1.15 bits per heavy atom. The lowest BCUT2D eigenvalue weighted by atomic mass is 10.1. The molecule has 0 radical (unpaired) electrons. The zero-order chi connectivity index (χ0) is 18.8. The second-order valence-corrected chi connectivity index (χ2v) is 8.26. The third kappa shape index (κ3) is 3.94. The van der Waals surface area contributed by atoms with Gasteiger partial charge in [0, 0.05) is 42.1 Å². The number of ether oxygens (including phenoxy) is 2. The molecule has 0 atom stereocenters. The lowest BCUT2D eigenvalue weighted by Gasteiger charge is -2.26. The third-order valence-electron chi connectivity index (χ3n) is 5.10. The van der Waals surface area contributed by atoms with Crippen molar-refractivity contribution in [2.75, 3.05) is 40.0 Å². The number of morpholine rings is 1. The molecule has 0 N–H and O–H groups in total. The monoisotopic (exact) mass is 400 g/mol. The van der Waals surface area contributed by atoms with E-state index in [2.05, 4.69) is 28.5 Å². The molecule has 0 saturated carbocycles. The summed E-state index contributed by atoms with van der Waals surface area (Å²) in [5.41, 5.74) is 2.37. The van der Waals surface area contributed by atoms with Crippen LogP contribution in [-0.2, 0) is 11.3 Å². The van der Waals surface area contributed by atoms with E-state index in [-0.39, 0.29) is 0 Å². The number of hydrogen-bond donors (Lipinski definition) is 0. The summed E-state index contributed by atoms with van der Waals surface area (Å²) >= 11 is 7.55. The number of aromatic nitrogens is 1. The molecule has 1 aromatic carbocycles. The van der Waals surface area contributed by atoms with Gasteiger partial charge in [-0.2, -0.15) is 0 Å². The summed E-state index contributed by atoms with van der Waals surface area (Å²) in [6.07, 6.45) is 0. The van der Waals surface area contributed by atoms with Crippen molar-refractivity contribution in [3.63, 3.8) is 0 Å². The van der Waals surface area contributed by atoms with Crippen LogP contribution in [0.4, 0.5) is 0 Å². The van der Waals surface area contributed by atoms with Crippen molar-refractivity contribution in [1.29, 1.82) is 0 Å². The molecule has 1 aliphatic rings. The molecule has 1 fully saturated rings. The maximum absolute atomic E-state index is 5.75. The number of hydrogen-bond acceptors (Lipinski definition) is 5. The molecule has 2 aromatic heterocycles. The molecule has 0 bridgehead atoms. The van der Waals surface area contributed by atoms with E-state index in [1.165, 1.54) is 15.9 Å². The van der Waals surface area contributed by atoms with Crippen molar-refractivity contribution >= 4 is 38.6 Å². The topological polar surface area (TPSA) is 26.6 Å². The van der Waals surface area contributed by atoms with Crippen molar-refractivity contribution in [1.82, 2.24) is 9.47 Å². The van der Waals surface area contributed by atoms with Gasteiger partial charge in [-0.05, 0) is 48.9 Å². The molecule has 0 spiro atoms. The van der Waals surface area contributed by atoms with Crippen LogP contribution in [0.25, 0.3) is 10.2 Å². The molecule has 4 rings (SSSR count). The Morgan fingerprint density at radius 2 is 1.89 bits per heavy atom. The van der Waals surface area contributed by atoms with Crippen molar-refractivity contribution in [3.8, 4) is 5.75 Å². The molecule has 142 valence electrons. The lowest BCUT2D eigenvalue weighted by molar-refractivity contribution is 0.0365. The van der Waals surface area contributed by atoms with Gasteiger partial charge in [0.15, 0.2) is 0 Å². The minimum Gasteiger partial charge on any atom is -0.497 e. The first-order valence-electron chi connectivity index (χ1n) is 9.24. The number of methoxy groups -OCH3 is 1. The second kappa shape index (κ2) is 8.10. The van der Waals surface area contributed by atoms with E-state index in [1.807, 2.05) is 24.3 Å². The quantitative estimate of drug-likeness (QED) is 0.459. The number of benzene rings is 1. The van der Waals surface area contributed by atoms with Crippen molar-refractivity contribution in [2.45, 2.75) is 13.5 Å². The fourth-order valence-corrected chi connectivity index (χ4v) is 5.02.